The topological polar surface area (TPSA) is 58.9 Å². The number of nitrogens with one attached hydrogen (secondary N) is 1. The molecule has 1 aromatic carbocycles. The minimum Gasteiger partial charge on any atom is -0.463 e. The Kier molecular flexibility index (Phi) is 5.13. The van der Waals surface area contributed by atoms with Gasteiger partial charge < -0.3 is 15.1 Å². The van der Waals surface area contributed by atoms with Crippen LogP contribution in [0.4, 0.5) is 0 Å². The number of furan rings is 1. The number of rotatable bonds is 6. The molecule has 0 saturated heterocycles. The van der Waals surface area contributed by atoms with E-state index in [2.05, 4.69) is 22.8 Å². The number of hydrogen-bond donors (Lipinski definition) is 2. The van der Waals surface area contributed by atoms with E-state index in [1.807, 2.05) is 37.3 Å². The molecule has 0 unspecified atom stereocenters. The van der Waals surface area contributed by atoms with Crippen LogP contribution >= 0.6 is 0 Å². The van der Waals surface area contributed by atoms with Crippen LogP contribution in [0.25, 0.3) is 0 Å². The molecule has 2 aromatic rings. The highest BCUT2D eigenvalue weighted by Crippen LogP contribution is 2.19. The lowest BCUT2D eigenvalue weighted by molar-refractivity contribution is -0.706. The molecule has 1 aromatic heterocycles. The fourth-order valence-corrected chi connectivity index (χ4v) is 3.28. The van der Waals surface area contributed by atoms with Crippen LogP contribution in [0, 0.1) is 0 Å². The van der Waals surface area contributed by atoms with E-state index in [1.165, 1.54) is 12.8 Å². The molecule has 0 bridgehead atoms. The van der Waals surface area contributed by atoms with Gasteiger partial charge in [-0.15, -0.1) is 0 Å². The van der Waals surface area contributed by atoms with Gasteiger partial charge in [0.15, 0.2) is 17.8 Å². The quantitative estimate of drug-likeness (QED) is 0.860. The summed E-state index contributed by atoms with van der Waals surface area (Å²) < 4.78 is 5.60. The summed E-state index contributed by atoms with van der Waals surface area (Å²) in [7, 11) is 0. The van der Waals surface area contributed by atoms with Crippen LogP contribution in [0.2, 0.25) is 0 Å². The molecule has 4 heteroatoms. The van der Waals surface area contributed by atoms with Crippen molar-refractivity contribution in [2.75, 3.05) is 0 Å². The van der Waals surface area contributed by atoms with Crippen molar-refractivity contribution in [1.82, 2.24) is 5.32 Å². The molecule has 122 valence electrons. The van der Waals surface area contributed by atoms with Crippen LogP contribution in [0.1, 0.15) is 50.0 Å². The van der Waals surface area contributed by atoms with Crippen molar-refractivity contribution < 1.29 is 14.5 Å². The van der Waals surface area contributed by atoms with Gasteiger partial charge >= 0.3 is 0 Å². The smallest absolute Gasteiger partial charge is 0.278 e. The molecule has 1 saturated carbocycles. The highest BCUT2D eigenvalue weighted by Gasteiger charge is 2.28. The summed E-state index contributed by atoms with van der Waals surface area (Å²) in [6.45, 7) is 1.96. The second-order valence-corrected chi connectivity index (χ2v) is 6.37. The van der Waals surface area contributed by atoms with Gasteiger partial charge in [-0.3, -0.25) is 4.79 Å². The Morgan fingerprint density at radius 2 is 1.91 bits per heavy atom. The molecule has 0 radical (unpaired) electrons. The third-order valence-electron chi connectivity index (χ3n) is 4.60. The zero-order valence-corrected chi connectivity index (χ0v) is 13.6. The van der Waals surface area contributed by atoms with Gasteiger partial charge in [0.1, 0.15) is 0 Å². The number of hydrogen-bond acceptors (Lipinski definition) is 2. The zero-order chi connectivity index (χ0) is 16.1. The molecule has 4 nitrogen and oxygen atoms in total. The van der Waals surface area contributed by atoms with Crippen molar-refractivity contribution >= 4 is 5.91 Å². The molecule has 0 spiro atoms. The summed E-state index contributed by atoms with van der Waals surface area (Å²) in [5.74, 6) is 0.987. The fourth-order valence-electron chi connectivity index (χ4n) is 3.28. The first-order valence-corrected chi connectivity index (χ1v) is 8.48. The lowest BCUT2D eigenvalue weighted by Crippen LogP contribution is -2.92. The highest BCUT2D eigenvalue weighted by molar-refractivity contribution is 5.80. The van der Waals surface area contributed by atoms with Gasteiger partial charge in [0.05, 0.1) is 6.26 Å². The number of carbonyl (C=O) groups excluding carboxylic acids is 1. The second kappa shape index (κ2) is 7.47. The van der Waals surface area contributed by atoms with E-state index >= 15 is 0 Å². The molecule has 3 N–H and O–H groups in total. The Balaban J connectivity index is 1.69. The van der Waals surface area contributed by atoms with E-state index in [1.54, 1.807) is 6.26 Å². The number of carbonyl (C=O) groups is 1. The summed E-state index contributed by atoms with van der Waals surface area (Å²) in [5, 5.41) is 5.26. The van der Waals surface area contributed by atoms with Crippen molar-refractivity contribution in [1.29, 1.82) is 0 Å². The zero-order valence-electron chi connectivity index (χ0n) is 13.6. The van der Waals surface area contributed by atoms with Crippen LogP contribution in [0.15, 0.2) is 53.1 Å². The third kappa shape index (κ3) is 4.02. The fraction of sp³-hybridized carbons (Fsp3) is 0.421. The normalized spacial score (nSPS) is 17.8. The summed E-state index contributed by atoms with van der Waals surface area (Å²) in [4.78, 5) is 12.5. The largest absolute Gasteiger partial charge is 0.463 e. The second-order valence-electron chi connectivity index (χ2n) is 6.37. The first-order chi connectivity index (χ1) is 11.2. The van der Waals surface area contributed by atoms with Crippen molar-refractivity contribution in [2.45, 2.75) is 50.7 Å². The van der Waals surface area contributed by atoms with E-state index < -0.39 is 0 Å². The summed E-state index contributed by atoms with van der Waals surface area (Å²) >= 11 is 0. The molecule has 3 rings (SSSR count). The summed E-state index contributed by atoms with van der Waals surface area (Å²) in [5.41, 5.74) is 1.14. The van der Waals surface area contributed by atoms with Gasteiger partial charge in [0.2, 0.25) is 0 Å². The highest BCUT2D eigenvalue weighted by atomic mass is 16.3. The van der Waals surface area contributed by atoms with Crippen molar-refractivity contribution in [3.8, 4) is 0 Å². The Hall–Kier alpha value is -2.07. The Morgan fingerprint density at radius 3 is 2.57 bits per heavy atom. The van der Waals surface area contributed by atoms with Crippen LogP contribution < -0.4 is 10.6 Å². The standard InChI is InChI=1S/C19H24N2O2/c1-14(19(22)21-16-10-5-6-11-16)20-18(17-12-7-13-23-17)15-8-3-2-4-9-15/h2-4,7-9,12-14,16,18,20H,5-6,10-11H2,1H3,(H,21,22)/p+1/t14-,18-/m1/s1. The number of amides is 1. The maximum absolute atomic E-state index is 12.5. The molecule has 1 amide bonds. The lowest BCUT2D eigenvalue weighted by Gasteiger charge is -2.20. The minimum absolute atomic E-state index is 0.00414. The third-order valence-corrected chi connectivity index (χ3v) is 4.60. The molecule has 1 fully saturated rings. The SMILES string of the molecule is C[C@@H]([NH2+][C@H](c1ccccc1)c1ccco1)C(=O)NC1CCCC1. The first kappa shape index (κ1) is 15.8. The number of benzene rings is 1. The minimum atomic E-state index is -0.161. The molecular formula is C19H25N2O2+. The molecule has 1 aliphatic carbocycles. The molecule has 23 heavy (non-hydrogen) atoms. The number of nitrogens with two attached hydrogens (primary N) is 1. The molecular weight excluding hydrogens is 288 g/mol. The van der Waals surface area contributed by atoms with Gasteiger partial charge in [-0.05, 0) is 31.9 Å². The summed E-state index contributed by atoms with van der Waals surface area (Å²) in [6.07, 6.45) is 6.35. The van der Waals surface area contributed by atoms with E-state index in [0.29, 0.717) is 6.04 Å². The van der Waals surface area contributed by atoms with E-state index in [9.17, 15) is 4.79 Å². The lowest BCUT2D eigenvalue weighted by atomic mass is 10.0. The monoisotopic (exact) mass is 313 g/mol. The van der Waals surface area contributed by atoms with Gasteiger partial charge in [-0.1, -0.05) is 43.2 Å². The van der Waals surface area contributed by atoms with Crippen LogP contribution in [0.3, 0.4) is 0 Å². The van der Waals surface area contributed by atoms with Crippen LogP contribution in [-0.2, 0) is 4.79 Å². The average molecular weight is 313 g/mol. The van der Waals surface area contributed by atoms with Crippen molar-refractivity contribution in [3.05, 3.63) is 60.1 Å². The molecule has 1 heterocycles. The van der Waals surface area contributed by atoms with Gasteiger partial charge in [-0.2, -0.15) is 0 Å². The summed E-state index contributed by atoms with van der Waals surface area (Å²) in [6, 6.07) is 14.2. The Morgan fingerprint density at radius 1 is 1.17 bits per heavy atom. The van der Waals surface area contributed by atoms with Crippen molar-refractivity contribution in [3.63, 3.8) is 0 Å². The van der Waals surface area contributed by atoms with Gasteiger partial charge in [-0.25, -0.2) is 0 Å². The molecule has 0 aliphatic heterocycles. The van der Waals surface area contributed by atoms with E-state index in [0.717, 1.165) is 24.2 Å². The number of quaternary nitrogens is 1. The van der Waals surface area contributed by atoms with Crippen LogP contribution in [0.5, 0.6) is 0 Å². The van der Waals surface area contributed by atoms with E-state index in [-0.39, 0.29) is 18.0 Å². The van der Waals surface area contributed by atoms with Gasteiger partial charge in [0, 0.05) is 11.6 Å². The first-order valence-electron chi connectivity index (χ1n) is 8.48. The predicted octanol–water partition coefficient (Wildman–Crippen LogP) is 2.38. The molecule has 2 atom stereocenters. The Labute approximate surface area is 137 Å². The maximum Gasteiger partial charge on any atom is 0.278 e. The maximum atomic E-state index is 12.5. The molecule has 1 aliphatic rings. The van der Waals surface area contributed by atoms with E-state index in [4.69, 9.17) is 4.42 Å². The average Bonchev–Trinajstić information content (AvgIpc) is 3.26. The van der Waals surface area contributed by atoms with Crippen LogP contribution in [-0.4, -0.2) is 18.0 Å². The Bertz CT molecular complexity index is 604. The predicted molar refractivity (Wildman–Crippen MR) is 88.8 cm³/mol. The van der Waals surface area contributed by atoms with Gasteiger partial charge in [0.25, 0.3) is 5.91 Å². The van der Waals surface area contributed by atoms with Crippen molar-refractivity contribution in [2.24, 2.45) is 0 Å².